The number of rotatable bonds is 3. The van der Waals surface area contributed by atoms with Crippen LogP contribution in [0.5, 0.6) is 0 Å². The highest BCUT2D eigenvalue weighted by molar-refractivity contribution is 14.1. The SMILES string of the molecule is Cc1c(N)nc(C(C)C)nc1Nc1ccc(I)cc1. The number of anilines is 3. The Morgan fingerprint density at radius 2 is 1.79 bits per heavy atom. The van der Waals surface area contributed by atoms with E-state index in [2.05, 4.69) is 51.7 Å². The van der Waals surface area contributed by atoms with Crippen molar-refractivity contribution in [1.29, 1.82) is 0 Å². The molecule has 0 aliphatic carbocycles. The smallest absolute Gasteiger partial charge is 0.139 e. The third kappa shape index (κ3) is 3.34. The van der Waals surface area contributed by atoms with Crippen LogP contribution in [0, 0.1) is 10.5 Å². The average Bonchev–Trinajstić information content (AvgIpc) is 2.37. The maximum Gasteiger partial charge on any atom is 0.139 e. The van der Waals surface area contributed by atoms with Crippen LogP contribution in [0.15, 0.2) is 24.3 Å². The summed E-state index contributed by atoms with van der Waals surface area (Å²) in [5.74, 6) is 2.32. The van der Waals surface area contributed by atoms with Crippen molar-refractivity contribution in [3.05, 3.63) is 39.2 Å². The van der Waals surface area contributed by atoms with Gasteiger partial charge in [0.1, 0.15) is 17.5 Å². The third-order valence-electron chi connectivity index (χ3n) is 2.82. The number of benzene rings is 1. The lowest BCUT2D eigenvalue weighted by molar-refractivity contribution is 0.776. The molecule has 0 amide bonds. The maximum absolute atomic E-state index is 5.94. The second-order valence-electron chi connectivity index (χ2n) is 4.73. The van der Waals surface area contributed by atoms with Crippen molar-refractivity contribution >= 4 is 39.9 Å². The molecule has 2 rings (SSSR count). The average molecular weight is 368 g/mol. The molecule has 3 N–H and O–H groups in total. The Labute approximate surface area is 127 Å². The zero-order chi connectivity index (χ0) is 14.0. The number of hydrogen-bond acceptors (Lipinski definition) is 4. The van der Waals surface area contributed by atoms with Gasteiger partial charge >= 0.3 is 0 Å². The van der Waals surface area contributed by atoms with Crippen LogP contribution >= 0.6 is 22.6 Å². The lowest BCUT2D eigenvalue weighted by Crippen LogP contribution is -2.08. The van der Waals surface area contributed by atoms with Gasteiger partial charge in [0.15, 0.2) is 0 Å². The fourth-order valence-corrected chi connectivity index (χ4v) is 1.96. The zero-order valence-electron chi connectivity index (χ0n) is 11.2. The van der Waals surface area contributed by atoms with Gasteiger partial charge in [-0.1, -0.05) is 13.8 Å². The highest BCUT2D eigenvalue weighted by Crippen LogP contribution is 2.24. The minimum Gasteiger partial charge on any atom is -0.383 e. The lowest BCUT2D eigenvalue weighted by atomic mass is 10.2. The minimum atomic E-state index is 0.250. The van der Waals surface area contributed by atoms with Gasteiger partial charge in [-0.25, -0.2) is 9.97 Å². The summed E-state index contributed by atoms with van der Waals surface area (Å²) >= 11 is 2.28. The van der Waals surface area contributed by atoms with Crippen LogP contribution in [-0.4, -0.2) is 9.97 Å². The van der Waals surface area contributed by atoms with Crippen molar-refractivity contribution in [2.75, 3.05) is 11.1 Å². The third-order valence-corrected chi connectivity index (χ3v) is 3.54. The Balaban J connectivity index is 2.36. The van der Waals surface area contributed by atoms with E-state index in [-0.39, 0.29) is 5.92 Å². The number of halogens is 1. The normalized spacial score (nSPS) is 10.8. The molecule has 0 fully saturated rings. The van der Waals surface area contributed by atoms with E-state index in [4.69, 9.17) is 5.73 Å². The van der Waals surface area contributed by atoms with Crippen LogP contribution in [0.1, 0.15) is 31.2 Å². The van der Waals surface area contributed by atoms with Crippen LogP contribution in [-0.2, 0) is 0 Å². The standard InChI is InChI=1S/C14H17IN4/c1-8(2)13-18-12(16)9(3)14(19-13)17-11-6-4-10(15)5-7-11/h4-8H,1-3H3,(H3,16,17,18,19). The molecular weight excluding hydrogens is 351 g/mol. The molecule has 0 radical (unpaired) electrons. The summed E-state index contributed by atoms with van der Waals surface area (Å²) in [5, 5.41) is 3.30. The second-order valence-corrected chi connectivity index (χ2v) is 5.97. The number of aromatic nitrogens is 2. The van der Waals surface area contributed by atoms with E-state index in [0.717, 1.165) is 22.9 Å². The highest BCUT2D eigenvalue weighted by Gasteiger charge is 2.11. The Kier molecular flexibility index (Phi) is 4.24. The van der Waals surface area contributed by atoms with Gasteiger partial charge in [-0.3, -0.25) is 0 Å². The molecule has 0 unspecified atom stereocenters. The monoisotopic (exact) mass is 368 g/mol. The van der Waals surface area contributed by atoms with Crippen LogP contribution in [0.2, 0.25) is 0 Å². The first-order valence-corrected chi connectivity index (χ1v) is 7.22. The molecule has 0 saturated carbocycles. The molecule has 0 saturated heterocycles. The van der Waals surface area contributed by atoms with E-state index in [1.54, 1.807) is 0 Å². The van der Waals surface area contributed by atoms with Crippen LogP contribution in [0.25, 0.3) is 0 Å². The molecule has 0 atom stereocenters. The van der Waals surface area contributed by atoms with E-state index in [0.29, 0.717) is 5.82 Å². The number of hydrogen-bond donors (Lipinski definition) is 2. The molecule has 19 heavy (non-hydrogen) atoms. The van der Waals surface area contributed by atoms with Crippen molar-refractivity contribution in [2.45, 2.75) is 26.7 Å². The molecule has 1 aromatic heterocycles. The van der Waals surface area contributed by atoms with Crippen molar-refractivity contribution in [2.24, 2.45) is 0 Å². The summed E-state index contributed by atoms with van der Waals surface area (Å²) in [4.78, 5) is 8.86. The minimum absolute atomic E-state index is 0.250. The molecule has 0 bridgehead atoms. The summed E-state index contributed by atoms with van der Waals surface area (Å²) < 4.78 is 1.20. The summed E-state index contributed by atoms with van der Waals surface area (Å²) in [5.41, 5.74) is 7.82. The van der Waals surface area contributed by atoms with Crippen molar-refractivity contribution in [1.82, 2.24) is 9.97 Å². The van der Waals surface area contributed by atoms with Gasteiger partial charge in [0.25, 0.3) is 0 Å². The summed E-state index contributed by atoms with van der Waals surface area (Å²) in [6.07, 6.45) is 0. The Morgan fingerprint density at radius 1 is 1.16 bits per heavy atom. The topological polar surface area (TPSA) is 63.8 Å². The zero-order valence-corrected chi connectivity index (χ0v) is 13.4. The van der Waals surface area contributed by atoms with Gasteiger partial charge in [0.2, 0.25) is 0 Å². The first-order valence-electron chi connectivity index (χ1n) is 6.14. The Bertz CT molecular complexity index is 579. The largest absolute Gasteiger partial charge is 0.383 e. The highest BCUT2D eigenvalue weighted by atomic mass is 127. The Hall–Kier alpha value is -1.37. The fourth-order valence-electron chi connectivity index (χ4n) is 1.60. The second kappa shape index (κ2) is 5.73. The maximum atomic E-state index is 5.94. The first-order chi connectivity index (χ1) is 8.97. The molecule has 0 spiro atoms. The van der Waals surface area contributed by atoms with Gasteiger partial charge in [-0.05, 0) is 53.8 Å². The van der Waals surface area contributed by atoms with E-state index >= 15 is 0 Å². The van der Waals surface area contributed by atoms with E-state index < -0.39 is 0 Å². The van der Waals surface area contributed by atoms with Crippen LogP contribution < -0.4 is 11.1 Å². The summed E-state index contributed by atoms with van der Waals surface area (Å²) in [6.45, 7) is 6.03. The van der Waals surface area contributed by atoms with Gasteiger partial charge in [-0.2, -0.15) is 0 Å². The Morgan fingerprint density at radius 3 is 2.37 bits per heavy atom. The van der Waals surface area contributed by atoms with Crippen LogP contribution in [0.3, 0.4) is 0 Å². The molecule has 100 valence electrons. The molecule has 4 nitrogen and oxygen atoms in total. The molecule has 0 aliphatic heterocycles. The van der Waals surface area contributed by atoms with E-state index in [9.17, 15) is 0 Å². The number of nitrogens with one attached hydrogen (secondary N) is 1. The lowest BCUT2D eigenvalue weighted by Gasteiger charge is -2.13. The molecule has 2 aromatic rings. The summed E-state index contributed by atoms with van der Waals surface area (Å²) in [6, 6.07) is 8.14. The summed E-state index contributed by atoms with van der Waals surface area (Å²) in [7, 11) is 0. The van der Waals surface area contributed by atoms with Crippen molar-refractivity contribution in [3.8, 4) is 0 Å². The molecular formula is C14H17IN4. The molecule has 0 aliphatic rings. The quantitative estimate of drug-likeness (QED) is 0.809. The van der Waals surface area contributed by atoms with Gasteiger partial charge in [0.05, 0.1) is 0 Å². The first kappa shape index (κ1) is 14.0. The van der Waals surface area contributed by atoms with Crippen molar-refractivity contribution < 1.29 is 0 Å². The number of nitrogen functional groups attached to an aromatic ring is 1. The molecule has 5 heteroatoms. The van der Waals surface area contributed by atoms with Crippen LogP contribution in [0.4, 0.5) is 17.3 Å². The van der Waals surface area contributed by atoms with Gasteiger partial charge in [-0.15, -0.1) is 0 Å². The van der Waals surface area contributed by atoms with Gasteiger partial charge in [0, 0.05) is 20.7 Å². The molecule has 1 heterocycles. The van der Waals surface area contributed by atoms with E-state index in [1.807, 2.05) is 31.2 Å². The van der Waals surface area contributed by atoms with Crippen molar-refractivity contribution in [3.63, 3.8) is 0 Å². The molecule has 1 aromatic carbocycles. The predicted octanol–water partition coefficient (Wildman–Crippen LogP) is 3.84. The number of nitrogens with zero attached hydrogens (tertiary/aromatic N) is 2. The van der Waals surface area contributed by atoms with E-state index in [1.165, 1.54) is 3.57 Å². The predicted molar refractivity (Wildman–Crippen MR) is 87.7 cm³/mol. The fraction of sp³-hybridized carbons (Fsp3) is 0.286. The number of nitrogens with two attached hydrogens (primary N) is 1. The van der Waals surface area contributed by atoms with Gasteiger partial charge < -0.3 is 11.1 Å².